The van der Waals surface area contributed by atoms with E-state index in [-0.39, 0.29) is 0 Å². The van der Waals surface area contributed by atoms with Gasteiger partial charge in [-0.25, -0.2) is 4.98 Å². The summed E-state index contributed by atoms with van der Waals surface area (Å²) in [6, 6.07) is 8.72. The van der Waals surface area contributed by atoms with Crippen LogP contribution in [-0.2, 0) is 0 Å². The summed E-state index contributed by atoms with van der Waals surface area (Å²) in [6.45, 7) is 0. The fraction of sp³-hybridized carbons (Fsp3) is 0.357. The second-order valence-electron chi connectivity index (χ2n) is 4.52. The van der Waals surface area contributed by atoms with Crippen LogP contribution in [0.1, 0.15) is 19.3 Å². The van der Waals surface area contributed by atoms with Crippen LogP contribution in [0.3, 0.4) is 0 Å². The van der Waals surface area contributed by atoms with Crippen molar-refractivity contribution in [1.82, 2.24) is 4.98 Å². The second kappa shape index (κ2) is 4.24. The lowest BCUT2D eigenvalue weighted by molar-refractivity contribution is 0.415. The molecule has 88 valence electrons. The molecule has 3 rings (SSSR count). The van der Waals surface area contributed by atoms with Gasteiger partial charge in [-0.2, -0.15) is 0 Å². The van der Waals surface area contributed by atoms with Crippen LogP contribution in [0, 0.1) is 0 Å². The van der Waals surface area contributed by atoms with Gasteiger partial charge in [-0.05, 0) is 42.8 Å². The molecule has 0 bridgehead atoms. The van der Waals surface area contributed by atoms with Crippen molar-refractivity contribution >= 4 is 16.6 Å². The molecule has 3 nitrogen and oxygen atoms in total. The molecular weight excluding hydrogens is 212 g/mol. The Morgan fingerprint density at radius 3 is 2.88 bits per heavy atom. The molecule has 0 saturated heterocycles. The molecule has 1 aliphatic rings. The Morgan fingerprint density at radius 2 is 2.18 bits per heavy atom. The zero-order valence-electron chi connectivity index (χ0n) is 9.94. The molecule has 0 unspecified atom stereocenters. The van der Waals surface area contributed by atoms with E-state index < -0.39 is 0 Å². The van der Waals surface area contributed by atoms with E-state index in [0.29, 0.717) is 6.04 Å². The lowest BCUT2D eigenvalue weighted by Gasteiger charge is -2.27. The van der Waals surface area contributed by atoms with Crippen molar-refractivity contribution in [1.29, 1.82) is 0 Å². The summed E-state index contributed by atoms with van der Waals surface area (Å²) in [6.07, 6.45) is 5.69. The molecule has 0 aliphatic heterocycles. The fourth-order valence-electron chi connectivity index (χ4n) is 2.14. The van der Waals surface area contributed by atoms with E-state index in [0.717, 1.165) is 17.0 Å². The van der Waals surface area contributed by atoms with Crippen molar-refractivity contribution in [2.24, 2.45) is 0 Å². The van der Waals surface area contributed by atoms with Gasteiger partial charge in [0.2, 0.25) is 0 Å². The standard InChI is InChI=1S/C14H16N2O/c1-17-12-6-5-10-7-8-15-14(13(10)9-12)16-11-3-2-4-11/h5-9,11H,2-4H2,1H3,(H,15,16). The molecule has 3 heteroatoms. The Hall–Kier alpha value is -1.77. The van der Waals surface area contributed by atoms with E-state index in [1.54, 1.807) is 7.11 Å². The van der Waals surface area contributed by atoms with E-state index in [2.05, 4.69) is 16.4 Å². The van der Waals surface area contributed by atoms with Gasteiger partial charge in [0.1, 0.15) is 11.6 Å². The van der Waals surface area contributed by atoms with Crippen LogP contribution in [-0.4, -0.2) is 18.1 Å². The summed E-state index contributed by atoms with van der Waals surface area (Å²) in [5, 5.41) is 5.84. The molecule has 0 radical (unpaired) electrons. The summed E-state index contributed by atoms with van der Waals surface area (Å²) in [7, 11) is 1.69. The fourth-order valence-corrected chi connectivity index (χ4v) is 2.14. The molecule has 17 heavy (non-hydrogen) atoms. The van der Waals surface area contributed by atoms with Crippen molar-refractivity contribution in [2.45, 2.75) is 25.3 Å². The SMILES string of the molecule is COc1ccc2ccnc(NC3CCC3)c2c1. The van der Waals surface area contributed by atoms with Crippen LogP contribution in [0.5, 0.6) is 5.75 Å². The smallest absolute Gasteiger partial charge is 0.134 e. The molecule has 1 heterocycles. The van der Waals surface area contributed by atoms with Crippen LogP contribution in [0.25, 0.3) is 10.8 Å². The van der Waals surface area contributed by atoms with E-state index >= 15 is 0 Å². The van der Waals surface area contributed by atoms with Crippen molar-refractivity contribution < 1.29 is 4.74 Å². The molecule has 1 aromatic heterocycles. The number of hydrogen-bond acceptors (Lipinski definition) is 3. The highest BCUT2D eigenvalue weighted by Crippen LogP contribution is 2.29. The number of methoxy groups -OCH3 is 1. The Labute approximate surface area is 101 Å². The van der Waals surface area contributed by atoms with Gasteiger partial charge >= 0.3 is 0 Å². The van der Waals surface area contributed by atoms with E-state index in [1.807, 2.05) is 24.4 Å². The first kappa shape index (κ1) is 10.4. The van der Waals surface area contributed by atoms with Crippen LogP contribution >= 0.6 is 0 Å². The average Bonchev–Trinajstić information content (AvgIpc) is 2.33. The van der Waals surface area contributed by atoms with E-state index in [4.69, 9.17) is 4.74 Å². The maximum absolute atomic E-state index is 5.27. The van der Waals surface area contributed by atoms with Crippen molar-refractivity contribution in [2.75, 3.05) is 12.4 Å². The molecule has 1 aromatic carbocycles. The highest BCUT2D eigenvalue weighted by atomic mass is 16.5. The molecule has 2 aromatic rings. The number of rotatable bonds is 3. The first-order chi connectivity index (χ1) is 8.36. The minimum Gasteiger partial charge on any atom is -0.497 e. The molecular formula is C14H16N2O. The number of ether oxygens (including phenoxy) is 1. The largest absolute Gasteiger partial charge is 0.497 e. The molecule has 0 atom stereocenters. The normalized spacial score (nSPS) is 15.6. The third kappa shape index (κ3) is 1.93. The number of nitrogens with one attached hydrogen (secondary N) is 1. The number of hydrogen-bond donors (Lipinski definition) is 1. The topological polar surface area (TPSA) is 34.1 Å². The van der Waals surface area contributed by atoms with Gasteiger partial charge in [0.25, 0.3) is 0 Å². The Bertz CT molecular complexity index is 535. The second-order valence-corrected chi connectivity index (χ2v) is 4.52. The van der Waals surface area contributed by atoms with Gasteiger partial charge in [-0.1, -0.05) is 6.07 Å². The maximum Gasteiger partial charge on any atom is 0.134 e. The summed E-state index contributed by atoms with van der Waals surface area (Å²) in [4.78, 5) is 4.44. The number of fused-ring (bicyclic) bond motifs is 1. The van der Waals surface area contributed by atoms with E-state index in [9.17, 15) is 0 Å². The zero-order chi connectivity index (χ0) is 11.7. The van der Waals surface area contributed by atoms with Gasteiger partial charge in [0.15, 0.2) is 0 Å². The van der Waals surface area contributed by atoms with Gasteiger partial charge in [0.05, 0.1) is 7.11 Å². The minimum atomic E-state index is 0.597. The lowest BCUT2D eigenvalue weighted by atomic mass is 9.93. The summed E-state index contributed by atoms with van der Waals surface area (Å²) < 4.78 is 5.27. The van der Waals surface area contributed by atoms with Crippen molar-refractivity contribution in [3.8, 4) is 5.75 Å². The van der Waals surface area contributed by atoms with Crippen LogP contribution < -0.4 is 10.1 Å². The van der Waals surface area contributed by atoms with Crippen molar-refractivity contribution in [3.05, 3.63) is 30.5 Å². The van der Waals surface area contributed by atoms with E-state index in [1.165, 1.54) is 24.6 Å². The Balaban J connectivity index is 2.02. The first-order valence-corrected chi connectivity index (χ1v) is 6.06. The summed E-state index contributed by atoms with van der Waals surface area (Å²) in [5.74, 6) is 1.85. The lowest BCUT2D eigenvalue weighted by Crippen LogP contribution is -2.27. The molecule has 0 amide bonds. The number of benzene rings is 1. The first-order valence-electron chi connectivity index (χ1n) is 6.06. The minimum absolute atomic E-state index is 0.597. The molecule has 1 fully saturated rings. The van der Waals surface area contributed by atoms with Crippen molar-refractivity contribution in [3.63, 3.8) is 0 Å². The maximum atomic E-state index is 5.27. The highest BCUT2D eigenvalue weighted by molar-refractivity contribution is 5.92. The van der Waals surface area contributed by atoms with Gasteiger partial charge < -0.3 is 10.1 Å². The van der Waals surface area contributed by atoms with Crippen LogP contribution in [0.15, 0.2) is 30.5 Å². The Morgan fingerprint density at radius 1 is 1.29 bits per heavy atom. The number of aromatic nitrogens is 1. The predicted octanol–water partition coefficient (Wildman–Crippen LogP) is 3.21. The van der Waals surface area contributed by atoms with Crippen LogP contribution in [0.2, 0.25) is 0 Å². The summed E-state index contributed by atoms with van der Waals surface area (Å²) >= 11 is 0. The molecule has 1 N–H and O–H groups in total. The monoisotopic (exact) mass is 228 g/mol. The average molecular weight is 228 g/mol. The molecule has 0 spiro atoms. The zero-order valence-corrected chi connectivity index (χ0v) is 9.94. The number of pyridine rings is 1. The number of nitrogens with zero attached hydrogens (tertiary/aromatic N) is 1. The van der Waals surface area contributed by atoms with Gasteiger partial charge in [-0.15, -0.1) is 0 Å². The molecule has 1 saturated carbocycles. The van der Waals surface area contributed by atoms with Gasteiger partial charge in [-0.3, -0.25) is 0 Å². The third-order valence-corrected chi connectivity index (χ3v) is 3.42. The van der Waals surface area contributed by atoms with Crippen LogP contribution in [0.4, 0.5) is 5.82 Å². The predicted molar refractivity (Wildman–Crippen MR) is 69.6 cm³/mol. The highest BCUT2D eigenvalue weighted by Gasteiger charge is 2.18. The third-order valence-electron chi connectivity index (χ3n) is 3.42. The number of anilines is 1. The summed E-state index contributed by atoms with van der Waals surface area (Å²) in [5.41, 5.74) is 0. The Kier molecular flexibility index (Phi) is 2.59. The quantitative estimate of drug-likeness (QED) is 0.876. The van der Waals surface area contributed by atoms with Gasteiger partial charge in [0, 0.05) is 17.6 Å². The molecule has 1 aliphatic carbocycles.